The monoisotopic (exact) mass is 284 g/mol. The number of nitrogens with zero attached hydrogens (tertiary/aromatic N) is 1. The van der Waals surface area contributed by atoms with Gasteiger partial charge in [0.1, 0.15) is 5.75 Å². The highest BCUT2D eigenvalue weighted by Crippen LogP contribution is 2.28. The van der Waals surface area contributed by atoms with Crippen LogP contribution in [0.1, 0.15) is 17.8 Å². The lowest BCUT2D eigenvalue weighted by Gasteiger charge is -2.05. The van der Waals surface area contributed by atoms with Crippen LogP contribution in [0.25, 0.3) is 11.3 Å². The lowest BCUT2D eigenvalue weighted by molar-refractivity contribution is -0.0498. The van der Waals surface area contributed by atoms with Crippen molar-refractivity contribution in [2.24, 2.45) is 5.73 Å². The normalized spacial score (nSPS) is 12.7. The van der Waals surface area contributed by atoms with Gasteiger partial charge in [0.05, 0.1) is 10.7 Å². The number of alkyl halides is 2. The minimum atomic E-state index is -2.82. The predicted molar refractivity (Wildman–Crippen MR) is 71.7 cm³/mol. The summed E-state index contributed by atoms with van der Waals surface area (Å²) in [5.74, 6) is 0.327. The highest BCUT2D eigenvalue weighted by molar-refractivity contribution is 7.10. The lowest BCUT2D eigenvalue weighted by Crippen LogP contribution is -2.08. The molecule has 2 N–H and O–H groups in total. The molecule has 3 nitrogen and oxygen atoms in total. The maximum atomic E-state index is 12.2. The Morgan fingerprint density at radius 2 is 2.21 bits per heavy atom. The number of thiazole rings is 1. The number of hydrogen-bond acceptors (Lipinski definition) is 4. The van der Waals surface area contributed by atoms with E-state index in [0.717, 1.165) is 16.3 Å². The number of ether oxygens (including phenoxy) is 1. The molecule has 0 aliphatic rings. The Hall–Kier alpha value is -1.53. The van der Waals surface area contributed by atoms with E-state index in [1.54, 1.807) is 12.1 Å². The number of rotatable bonds is 5. The third kappa shape index (κ3) is 3.48. The van der Waals surface area contributed by atoms with Gasteiger partial charge in [0.15, 0.2) is 0 Å². The van der Waals surface area contributed by atoms with Gasteiger partial charge in [-0.05, 0) is 12.1 Å². The summed E-state index contributed by atoms with van der Waals surface area (Å²) in [7, 11) is 0. The molecule has 19 heavy (non-hydrogen) atoms. The van der Waals surface area contributed by atoms with Gasteiger partial charge < -0.3 is 10.5 Å². The van der Waals surface area contributed by atoms with Gasteiger partial charge in [-0.1, -0.05) is 19.1 Å². The van der Waals surface area contributed by atoms with E-state index in [1.807, 2.05) is 18.4 Å². The van der Waals surface area contributed by atoms with Crippen LogP contribution in [0.5, 0.6) is 5.75 Å². The zero-order chi connectivity index (χ0) is 13.8. The second-order valence-corrected chi connectivity index (χ2v) is 5.00. The summed E-state index contributed by atoms with van der Waals surface area (Å²) in [4.78, 5) is 4.47. The molecule has 2 aromatic rings. The van der Waals surface area contributed by atoms with Gasteiger partial charge in [0.25, 0.3) is 0 Å². The molecule has 1 heterocycles. The van der Waals surface area contributed by atoms with Crippen LogP contribution >= 0.6 is 11.3 Å². The minimum absolute atomic E-state index is 0.133. The van der Waals surface area contributed by atoms with Crippen molar-refractivity contribution < 1.29 is 13.5 Å². The first-order valence-electron chi connectivity index (χ1n) is 5.81. The van der Waals surface area contributed by atoms with Gasteiger partial charge in [-0.25, -0.2) is 4.98 Å². The molecule has 0 saturated heterocycles. The van der Waals surface area contributed by atoms with Crippen molar-refractivity contribution in [2.75, 3.05) is 6.54 Å². The lowest BCUT2D eigenvalue weighted by atomic mass is 10.1. The smallest absolute Gasteiger partial charge is 0.387 e. The van der Waals surface area contributed by atoms with E-state index >= 15 is 0 Å². The molecule has 102 valence electrons. The molecule has 0 saturated carbocycles. The van der Waals surface area contributed by atoms with Crippen molar-refractivity contribution in [3.63, 3.8) is 0 Å². The molecule has 0 fully saturated rings. The molecule has 0 spiro atoms. The molecule has 0 aliphatic carbocycles. The highest BCUT2D eigenvalue weighted by atomic mass is 32.1. The average Bonchev–Trinajstić information content (AvgIpc) is 2.87. The molecule has 1 aromatic carbocycles. The summed E-state index contributed by atoms with van der Waals surface area (Å²) < 4.78 is 28.7. The molecular weight excluding hydrogens is 270 g/mol. The second-order valence-electron chi connectivity index (χ2n) is 4.11. The summed E-state index contributed by atoms with van der Waals surface area (Å²) in [5.41, 5.74) is 7.10. The quantitative estimate of drug-likeness (QED) is 0.914. The summed E-state index contributed by atoms with van der Waals surface area (Å²) in [5, 5.41) is 2.83. The fraction of sp³-hybridized carbons (Fsp3) is 0.308. The number of aromatic nitrogens is 1. The average molecular weight is 284 g/mol. The van der Waals surface area contributed by atoms with Crippen molar-refractivity contribution in [2.45, 2.75) is 19.5 Å². The molecule has 0 aliphatic heterocycles. The zero-order valence-electron chi connectivity index (χ0n) is 10.3. The largest absolute Gasteiger partial charge is 0.435 e. The van der Waals surface area contributed by atoms with Crippen molar-refractivity contribution in [1.29, 1.82) is 0 Å². The predicted octanol–water partition coefficient (Wildman–Crippen LogP) is 3.47. The van der Waals surface area contributed by atoms with Crippen LogP contribution in [-0.4, -0.2) is 18.1 Å². The highest BCUT2D eigenvalue weighted by Gasteiger charge is 2.11. The van der Waals surface area contributed by atoms with Gasteiger partial charge in [-0.15, -0.1) is 11.3 Å². The van der Waals surface area contributed by atoms with Gasteiger partial charge in [0.2, 0.25) is 0 Å². The van der Waals surface area contributed by atoms with E-state index < -0.39 is 6.61 Å². The van der Waals surface area contributed by atoms with E-state index in [-0.39, 0.29) is 11.7 Å². The fourth-order valence-corrected chi connectivity index (χ4v) is 2.48. The molecule has 0 radical (unpaired) electrons. The summed E-state index contributed by atoms with van der Waals surface area (Å²) in [6.45, 7) is -0.293. The summed E-state index contributed by atoms with van der Waals surface area (Å²) in [6.07, 6.45) is 0. The Morgan fingerprint density at radius 3 is 2.89 bits per heavy atom. The topological polar surface area (TPSA) is 48.1 Å². The molecule has 0 amide bonds. The minimum Gasteiger partial charge on any atom is -0.435 e. The standard InChI is InChI=1S/C13H14F2N2OS/c1-8(6-16)12-17-11(7-19-12)9-3-2-4-10(5-9)18-13(14)15/h2-5,7-8,13H,6,16H2,1H3. The number of hydrogen-bond donors (Lipinski definition) is 1. The Morgan fingerprint density at radius 1 is 1.42 bits per heavy atom. The molecule has 1 aromatic heterocycles. The maximum absolute atomic E-state index is 12.2. The molecule has 6 heteroatoms. The molecule has 0 bridgehead atoms. The van der Waals surface area contributed by atoms with Crippen molar-refractivity contribution in [3.05, 3.63) is 34.7 Å². The SMILES string of the molecule is CC(CN)c1nc(-c2cccc(OC(F)F)c2)cs1. The first kappa shape index (κ1) is 13.9. The van der Waals surface area contributed by atoms with Crippen molar-refractivity contribution in [1.82, 2.24) is 4.98 Å². The fourth-order valence-electron chi connectivity index (χ4n) is 1.58. The Labute approximate surface area is 114 Å². The number of nitrogens with two attached hydrogens (primary N) is 1. The summed E-state index contributed by atoms with van der Waals surface area (Å²) >= 11 is 1.52. The molecule has 2 rings (SSSR count). The van der Waals surface area contributed by atoms with E-state index in [2.05, 4.69) is 9.72 Å². The molecule has 1 unspecified atom stereocenters. The molecular formula is C13H14F2N2OS. The van der Waals surface area contributed by atoms with Crippen LogP contribution in [0.3, 0.4) is 0 Å². The summed E-state index contributed by atoms with van der Waals surface area (Å²) in [6, 6.07) is 6.52. The first-order valence-corrected chi connectivity index (χ1v) is 6.69. The molecule has 1 atom stereocenters. The Balaban J connectivity index is 2.24. The Kier molecular flexibility index (Phi) is 4.44. The third-order valence-electron chi connectivity index (χ3n) is 2.65. The van der Waals surface area contributed by atoms with Crippen LogP contribution in [-0.2, 0) is 0 Å². The van der Waals surface area contributed by atoms with E-state index in [1.165, 1.54) is 17.4 Å². The van der Waals surface area contributed by atoms with Crippen LogP contribution < -0.4 is 10.5 Å². The number of halogens is 2. The van der Waals surface area contributed by atoms with E-state index in [4.69, 9.17) is 5.73 Å². The first-order chi connectivity index (χ1) is 9.10. The number of benzene rings is 1. The van der Waals surface area contributed by atoms with Crippen molar-refractivity contribution >= 4 is 11.3 Å². The van der Waals surface area contributed by atoms with Crippen LogP contribution in [0.2, 0.25) is 0 Å². The zero-order valence-corrected chi connectivity index (χ0v) is 11.2. The van der Waals surface area contributed by atoms with Gasteiger partial charge in [0, 0.05) is 23.4 Å². The second kappa shape index (κ2) is 6.08. The van der Waals surface area contributed by atoms with Gasteiger partial charge in [-0.2, -0.15) is 8.78 Å². The van der Waals surface area contributed by atoms with Crippen LogP contribution in [0, 0.1) is 0 Å². The Bertz CT molecular complexity index is 545. The van der Waals surface area contributed by atoms with E-state index in [9.17, 15) is 8.78 Å². The van der Waals surface area contributed by atoms with Gasteiger partial charge in [-0.3, -0.25) is 0 Å². The van der Waals surface area contributed by atoms with Crippen LogP contribution in [0.15, 0.2) is 29.6 Å². The van der Waals surface area contributed by atoms with Crippen LogP contribution in [0.4, 0.5) is 8.78 Å². The van der Waals surface area contributed by atoms with Crippen molar-refractivity contribution in [3.8, 4) is 17.0 Å². The van der Waals surface area contributed by atoms with Gasteiger partial charge >= 0.3 is 6.61 Å². The van der Waals surface area contributed by atoms with E-state index in [0.29, 0.717) is 6.54 Å². The maximum Gasteiger partial charge on any atom is 0.387 e. The third-order valence-corrected chi connectivity index (χ3v) is 3.73.